The van der Waals surface area contributed by atoms with Gasteiger partial charge in [-0.05, 0) is 11.4 Å². The fraction of sp³-hybridized carbons (Fsp3) is 0.417. The van der Waals surface area contributed by atoms with Gasteiger partial charge in [0.25, 0.3) is 5.91 Å². The Morgan fingerprint density at radius 1 is 1.50 bits per heavy atom. The molecule has 1 aromatic heterocycles. The van der Waals surface area contributed by atoms with Crippen LogP contribution in [0.15, 0.2) is 11.4 Å². The normalized spacial score (nSPS) is 11.0. The molecule has 3 N–H and O–H groups in total. The molecule has 1 amide bonds. The van der Waals surface area contributed by atoms with Gasteiger partial charge in [-0.2, -0.15) is 0 Å². The first kappa shape index (κ1) is 16.7. The number of rotatable bonds is 5. The molecule has 8 heteroatoms. The van der Waals surface area contributed by atoms with Crippen molar-refractivity contribution in [2.75, 3.05) is 32.9 Å². The molecule has 1 rings (SSSR count). The van der Waals surface area contributed by atoms with Gasteiger partial charge in [0.2, 0.25) is 10.0 Å². The van der Waals surface area contributed by atoms with Gasteiger partial charge in [0.15, 0.2) is 0 Å². The van der Waals surface area contributed by atoms with E-state index in [1.807, 2.05) is 0 Å². The molecule has 0 aliphatic heterocycles. The zero-order valence-corrected chi connectivity index (χ0v) is 13.0. The molecule has 110 valence electrons. The maximum absolute atomic E-state index is 11.9. The van der Waals surface area contributed by atoms with Gasteiger partial charge >= 0.3 is 0 Å². The predicted molar refractivity (Wildman–Crippen MR) is 80.1 cm³/mol. The van der Waals surface area contributed by atoms with Crippen LogP contribution in [0.3, 0.4) is 0 Å². The molecule has 0 radical (unpaired) electrons. The molecule has 0 aliphatic rings. The lowest BCUT2D eigenvalue weighted by molar-refractivity contribution is 0.0960. The van der Waals surface area contributed by atoms with E-state index in [1.54, 1.807) is 11.4 Å². The van der Waals surface area contributed by atoms with Crippen molar-refractivity contribution in [1.29, 1.82) is 0 Å². The number of amides is 1. The van der Waals surface area contributed by atoms with Crippen LogP contribution in [-0.4, -0.2) is 51.6 Å². The van der Waals surface area contributed by atoms with Crippen LogP contribution >= 0.6 is 11.3 Å². The number of carbonyl (C=O) groups excluding carboxylic acids is 1. The smallest absolute Gasteiger partial charge is 0.262 e. The average molecular weight is 315 g/mol. The summed E-state index contributed by atoms with van der Waals surface area (Å²) in [5, 5.41) is 4.34. The summed E-state index contributed by atoms with van der Waals surface area (Å²) in [4.78, 5) is 12.4. The zero-order chi connectivity index (χ0) is 15.2. The van der Waals surface area contributed by atoms with Crippen molar-refractivity contribution in [2.24, 2.45) is 5.73 Å². The standard InChI is InChI=1S/C12H17N3O3S2/c1-15(2)20(17,18)9-7-14-12(16)11-10(4-3-6-13)5-8-19-11/h5,8H,6-7,9,13H2,1-2H3,(H,14,16). The van der Waals surface area contributed by atoms with Crippen LogP contribution in [0.5, 0.6) is 0 Å². The lowest BCUT2D eigenvalue weighted by Crippen LogP contribution is -2.33. The van der Waals surface area contributed by atoms with Crippen molar-refractivity contribution >= 4 is 27.3 Å². The topological polar surface area (TPSA) is 92.5 Å². The highest BCUT2D eigenvalue weighted by Gasteiger charge is 2.16. The summed E-state index contributed by atoms with van der Waals surface area (Å²) in [6.45, 7) is 0.277. The highest BCUT2D eigenvalue weighted by atomic mass is 32.2. The first-order chi connectivity index (χ1) is 9.38. The second-order valence-electron chi connectivity index (χ2n) is 4.02. The van der Waals surface area contributed by atoms with Crippen molar-refractivity contribution in [2.45, 2.75) is 0 Å². The van der Waals surface area contributed by atoms with Crippen LogP contribution in [0.1, 0.15) is 15.2 Å². The van der Waals surface area contributed by atoms with E-state index in [0.29, 0.717) is 10.4 Å². The molecule has 0 fully saturated rings. The van der Waals surface area contributed by atoms with Crippen LogP contribution in [0.4, 0.5) is 0 Å². The Morgan fingerprint density at radius 2 is 2.20 bits per heavy atom. The molecule has 0 bridgehead atoms. The summed E-state index contributed by atoms with van der Waals surface area (Å²) in [6, 6.07) is 1.73. The third-order valence-electron chi connectivity index (χ3n) is 2.40. The van der Waals surface area contributed by atoms with Gasteiger partial charge in [0.05, 0.1) is 12.3 Å². The number of thiophene rings is 1. The van der Waals surface area contributed by atoms with E-state index in [0.717, 1.165) is 4.31 Å². The second-order valence-corrected chi connectivity index (χ2v) is 7.24. The fourth-order valence-corrected chi connectivity index (χ4v) is 2.78. The Hall–Kier alpha value is -1.40. The average Bonchev–Trinajstić information content (AvgIpc) is 2.84. The van der Waals surface area contributed by atoms with E-state index in [2.05, 4.69) is 17.2 Å². The van der Waals surface area contributed by atoms with Crippen LogP contribution in [0.2, 0.25) is 0 Å². The van der Waals surface area contributed by atoms with E-state index >= 15 is 0 Å². The molecule has 20 heavy (non-hydrogen) atoms. The molecule has 1 aromatic rings. The number of nitrogens with one attached hydrogen (secondary N) is 1. The Morgan fingerprint density at radius 3 is 2.80 bits per heavy atom. The van der Waals surface area contributed by atoms with Gasteiger partial charge in [-0.25, -0.2) is 12.7 Å². The van der Waals surface area contributed by atoms with E-state index in [9.17, 15) is 13.2 Å². The summed E-state index contributed by atoms with van der Waals surface area (Å²) in [5.41, 5.74) is 5.89. The Bertz CT molecular complexity index is 624. The monoisotopic (exact) mass is 315 g/mol. The second kappa shape index (κ2) is 7.40. The Kier molecular flexibility index (Phi) is 6.16. The van der Waals surface area contributed by atoms with Crippen molar-refractivity contribution in [3.63, 3.8) is 0 Å². The lowest BCUT2D eigenvalue weighted by atomic mass is 10.2. The van der Waals surface area contributed by atoms with Crippen molar-refractivity contribution in [1.82, 2.24) is 9.62 Å². The van der Waals surface area contributed by atoms with E-state index < -0.39 is 10.0 Å². The number of nitrogens with two attached hydrogens (primary N) is 1. The van der Waals surface area contributed by atoms with Crippen LogP contribution in [0.25, 0.3) is 0 Å². The summed E-state index contributed by atoms with van der Waals surface area (Å²) >= 11 is 1.26. The number of carbonyl (C=O) groups is 1. The molecule has 0 saturated carbocycles. The maximum Gasteiger partial charge on any atom is 0.262 e. The third-order valence-corrected chi connectivity index (χ3v) is 5.14. The minimum absolute atomic E-state index is 0.0566. The maximum atomic E-state index is 11.9. The van der Waals surface area contributed by atoms with Crippen molar-refractivity contribution in [3.05, 3.63) is 21.9 Å². The minimum atomic E-state index is -3.31. The van der Waals surface area contributed by atoms with E-state index in [1.165, 1.54) is 25.4 Å². The van der Waals surface area contributed by atoms with Gasteiger partial charge in [-0.15, -0.1) is 11.3 Å². The van der Waals surface area contributed by atoms with E-state index in [-0.39, 0.29) is 24.7 Å². The van der Waals surface area contributed by atoms with Gasteiger partial charge in [0.1, 0.15) is 4.88 Å². The molecule has 0 atom stereocenters. The summed E-state index contributed by atoms with van der Waals surface area (Å²) in [7, 11) is -0.399. The minimum Gasteiger partial charge on any atom is -0.350 e. The molecule has 0 aromatic carbocycles. The highest BCUT2D eigenvalue weighted by molar-refractivity contribution is 7.89. The number of sulfonamides is 1. The highest BCUT2D eigenvalue weighted by Crippen LogP contribution is 2.15. The van der Waals surface area contributed by atoms with E-state index in [4.69, 9.17) is 5.73 Å². The molecule has 0 saturated heterocycles. The summed E-state index contributed by atoms with van der Waals surface area (Å²) < 4.78 is 24.2. The molecule has 6 nitrogen and oxygen atoms in total. The molecule has 0 aliphatic carbocycles. The molecular formula is C12H17N3O3S2. The first-order valence-corrected chi connectivity index (χ1v) is 8.32. The Balaban J connectivity index is 2.63. The third kappa shape index (κ3) is 4.61. The van der Waals surface area contributed by atoms with Crippen molar-refractivity contribution < 1.29 is 13.2 Å². The predicted octanol–water partition coefficient (Wildman–Crippen LogP) is -0.320. The van der Waals surface area contributed by atoms with Crippen LogP contribution in [0, 0.1) is 11.8 Å². The van der Waals surface area contributed by atoms with Gasteiger partial charge in [0, 0.05) is 26.2 Å². The summed E-state index contributed by atoms with van der Waals surface area (Å²) in [6.07, 6.45) is 0. The van der Waals surface area contributed by atoms with Gasteiger partial charge in [-0.3, -0.25) is 4.79 Å². The molecule has 1 heterocycles. The fourth-order valence-electron chi connectivity index (χ4n) is 1.29. The Labute approximate surface area is 123 Å². The lowest BCUT2D eigenvalue weighted by Gasteiger charge is -2.11. The number of hydrogen-bond acceptors (Lipinski definition) is 5. The number of nitrogens with zero attached hydrogens (tertiary/aromatic N) is 1. The van der Waals surface area contributed by atoms with Crippen LogP contribution < -0.4 is 11.1 Å². The quantitative estimate of drug-likeness (QED) is 0.728. The molecule has 0 spiro atoms. The molecule has 0 unspecified atom stereocenters. The van der Waals surface area contributed by atoms with Crippen molar-refractivity contribution in [3.8, 4) is 11.8 Å². The first-order valence-electron chi connectivity index (χ1n) is 5.83. The van der Waals surface area contributed by atoms with Gasteiger partial charge in [-0.1, -0.05) is 11.8 Å². The van der Waals surface area contributed by atoms with Crippen LogP contribution in [-0.2, 0) is 10.0 Å². The largest absolute Gasteiger partial charge is 0.350 e. The number of hydrogen-bond donors (Lipinski definition) is 2. The zero-order valence-electron chi connectivity index (χ0n) is 11.3. The molecular weight excluding hydrogens is 298 g/mol. The SMILES string of the molecule is CN(C)S(=O)(=O)CCNC(=O)c1sccc1C#CCN. The summed E-state index contributed by atoms with van der Waals surface area (Å²) in [5.74, 6) is 5.03. The van der Waals surface area contributed by atoms with Gasteiger partial charge < -0.3 is 11.1 Å².